The number of hydrogen-bond donors (Lipinski definition) is 2. The molecular formula is C34H37N4O2+. The molecule has 5 aliphatic rings. The largest absolute Gasteiger partial charge is 0.455 e. The quantitative estimate of drug-likeness (QED) is 0.396. The Hall–Kier alpha value is -3.64. The summed E-state index contributed by atoms with van der Waals surface area (Å²) in [4.78, 5) is 15.6. The van der Waals surface area contributed by atoms with Gasteiger partial charge in [-0.3, -0.25) is 4.79 Å². The summed E-state index contributed by atoms with van der Waals surface area (Å²) in [5, 5.41) is 5.58. The molecule has 204 valence electrons. The zero-order chi connectivity index (χ0) is 26.8. The Morgan fingerprint density at radius 2 is 1.73 bits per heavy atom. The fraction of sp³-hybridized carbons (Fsp3) is 0.412. The van der Waals surface area contributed by atoms with E-state index in [9.17, 15) is 4.79 Å². The topological polar surface area (TPSA) is 70.6 Å². The molecule has 5 aliphatic heterocycles. The van der Waals surface area contributed by atoms with Crippen LogP contribution in [-0.2, 0) is 25.7 Å². The first-order chi connectivity index (χ1) is 19.7. The van der Waals surface area contributed by atoms with Crippen LogP contribution in [0.3, 0.4) is 0 Å². The fourth-order valence-electron chi connectivity index (χ4n) is 7.93. The molecule has 0 aromatic heterocycles. The van der Waals surface area contributed by atoms with Crippen molar-refractivity contribution in [1.82, 2.24) is 9.89 Å². The van der Waals surface area contributed by atoms with Gasteiger partial charge in [0.05, 0.1) is 5.56 Å². The SMILES string of the molecule is NCCNC(=O)c1cccc(C2=c3cc4c5c(c3Oc3c2cc2c6c3CCCN6CCC2)CCC[N+]=5CCC4)c1. The van der Waals surface area contributed by atoms with E-state index in [0.29, 0.717) is 18.7 Å². The number of rotatable bonds is 4. The zero-order valence-electron chi connectivity index (χ0n) is 23.2. The van der Waals surface area contributed by atoms with Crippen molar-refractivity contribution >= 4 is 17.2 Å². The second-order valence-electron chi connectivity index (χ2n) is 12.0. The van der Waals surface area contributed by atoms with Gasteiger partial charge in [-0.25, -0.2) is 4.58 Å². The smallest absolute Gasteiger partial charge is 0.251 e. The van der Waals surface area contributed by atoms with Crippen LogP contribution in [-0.4, -0.2) is 45.2 Å². The van der Waals surface area contributed by atoms with Crippen molar-refractivity contribution in [3.63, 3.8) is 0 Å². The monoisotopic (exact) mass is 533 g/mol. The van der Waals surface area contributed by atoms with Gasteiger partial charge < -0.3 is 20.7 Å². The van der Waals surface area contributed by atoms with Gasteiger partial charge in [0.25, 0.3) is 5.91 Å². The minimum atomic E-state index is -0.0762. The van der Waals surface area contributed by atoms with Crippen molar-refractivity contribution in [2.24, 2.45) is 5.73 Å². The third kappa shape index (κ3) is 3.65. The van der Waals surface area contributed by atoms with Crippen molar-refractivity contribution < 1.29 is 9.53 Å². The average molecular weight is 534 g/mol. The van der Waals surface area contributed by atoms with Gasteiger partial charge in [-0.15, -0.1) is 0 Å². The predicted octanol–water partition coefficient (Wildman–Crippen LogP) is 2.81. The molecule has 5 heterocycles. The van der Waals surface area contributed by atoms with E-state index < -0.39 is 0 Å². The number of aryl methyl sites for hydroxylation is 2. The molecule has 0 atom stereocenters. The Labute approximate surface area is 235 Å². The first-order valence-corrected chi connectivity index (χ1v) is 15.2. The summed E-state index contributed by atoms with van der Waals surface area (Å²) in [5.41, 5.74) is 16.9. The molecule has 3 aromatic rings. The Balaban J connectivity index is 1.44. The molecule has 8 rings (SSSR count). The van der Waals surface area contributed by atoms with E-state index in [-0.39, 0.29) is 5.91 Å². The number of nitrogens with two attached hydrogens (primary N) is 1. The molecule has 3 N–H and O–H groups in total. The number of nitrogens with zero attached hydrogens (tertiary/aromatic N) is 2. The highest BCUT2D eigenvalue weighted by Crippen LogP contribution is 2.48. The summed E-state index contributed by atoms with van der Waals surface area (Å²) in [6.07, 6.45) is 9.05. The lowest BCUT2D eigenvalue weighted by Gasteiger charge is -2.39. The van der Waals surface area contributed by atoms with Crippen LogP contribution in [0, 0.1) is 0 Å². The standard InChI is InChI=1S/C34H36N4O2/c35-12-13-36-34(39)24-7-1-6-21(18-24)29-27-19-22-8-2-14-37-16-4-10-25(30(22)37)32(27)40-33-26-11-5-17-38-15-3-9-23(31(26)38)20-28(29)33/h1,6-7,18-20H,2-5,8-17,35H2/p+1. The van der Waals surface area contributed by atoms with Crippen molar-refractivity contribution in [2.45, 2.75) is 51.4 Å². The summed E-state index contributed by atoms with van der Waals surface area (Å²) in [6, 6.07) is 13.0. The van der Waals surface area contributed by atoms with Gasteiger partial charge in [0.15, 0.2) is 0 Å². The van der Waals surface area contributed by atoms with E-state index in [1.54, 1.807) is 0 Å². The van der Waals surface area contributed by atoms with E-state index in [0.717, 1.165) is 81.8 Å². The highest BCUT2D eigenvalue weighted by atomic mass is 16.5. The molecular weight excluding hydrogens is 496 g/mol. The lowest BCUT2D eigenvalue weighted by atomic mass is 9.82. The van der Waals surface area contributed by atoms with Crippen LogP contribution >= 0.6 is 0 Å². The number of hydrogen-bond acceptors (Lipinski definition) is 4. The fourth-order valence-corrected chi connectivity index (χ4v) is 7.93. The summed E-state index contributed by atoms with van der Waals surface area (Å²) in [6.45, 7) is 5.45. The molecule has 6 nitrogen and oxygen atoms in total. The predicted molar refractivity (Wildman–Crippen MR) is 158 cm³/mol. The van der Waals surface area contributed by atoms with E-state index >= 15 is 0 Å². The first kappa shape index (κ1) is 24.2. The van der Waals surface area contributed by atoms with E-state index in [1.807, 2.05) is 12.1 Å². The molecule has 0 aliphatic carbocycles. The molecule has 3 aromatic carbocycles. The molecule has 40 heavy (non-hydrogen) atoms. The van der Waals surface area contributed by atoms with Crippen LogP contribution in [0.25, 0.3) is 5.57 Å². The number of anilines is 1. The number of benzene rings is 3. The maximum absolute atomic E-state index is 13.0. The average Bonchev–Trinajstić information content (AvgIpc) is 3.00. The first-order valence-electron chi connectivity index (χ1n) is 15.2. The summed E-state index contributed by atoms with van der Waals surface area (Å²) in [5.74, 6) is 2.03. The number of amides is 1. The second-order valence-corrected chi connectivity index (χ2v) is 12.0. The minimum absolute atomic E-state index is 0.0762. The molecule has 6 heteroatoms. The second kappa shape index (κ2) is 9.48. The van der Waals surface area contributed by atoms with Gasteiger partial charge in [-0.1, -0.05) is 12.1 Å². The number of carbonyl (C=O) groups excluding carboxylic acids is 1. The number of fused-ring (bicyclic) bond motifs is 4. The Bertz CT molecular complexity index is 1700. The summed E-state index contributed by atoms with van der Waals surface area (Å²) in [7, 11) is 0. The number of ether oxygens (including phenoxy) is 1. The molecule has 0 fully saturated rings. The molecule has 0 saturated carbocycles. The van der Waals surface area contributed by atoms with E-state index in [2.05, 4.69) is 39.1 Å². The third-order valence-corrected chi connectivity index (χ3v) is 9.53. The van der Waals surface area contributed by atoms with Crippen LogP contribution in [0.4, 0.5) is 5.69 Å². The zero-order valence-corrected chi connectivity index (χ0v) is 23.2. The van der Waals surface area contributed by atoms with Gasteiger partial charge in [0, 0.05) is 77.8 Å². The molecule has 1 amide bonds. The van der Waals surface area contributed by atoms with Crippen LogP contribution in [0.15, 0.2) is 36.4 Å². The number of carbonyl (C=O) groups is 1. The maximum Gasteiger partial charge on any atom is 0.251 e. The van der Waals surface area contributed by atoms with Crippen molar-refractivity contribution in [3.05, 3.63) is 85.9 Å². The van der Waals surface area contributed by atoms with Crippen LogP contribution in [0.5, 0.6) is 11.5 Å². The number of nitrogens with one attached hydrogen (secondary N) is 1. The van der Waals surface area contributed by atoms with E-state index in [1.165, 1.54) is 62.5 Å². The van der Waals surface area contributed by atoms with Crippen molar-refractivity contribution in [3.8, 4) is 11.5 Å². The van der Waals surface area contributed by atoms with Crippen molar-refractivity contribution in [2.75, 3.05) is 44.2 Å². The van der Waals surface area contributed by atoms with Gasteiger partial charge in [0.2, 0.25) is 5.36 Å². The third-order valence-electron chi connectivity index (χ3n) is 9.53. The van der Waals surface area contributed by atoms with E-state index in [4.69, 9.17) is 10.5 Å². The Kier molecular flexibility index (Phi) is 5.73. The highest BCUT2D eigenvalue weighted by Gasteiger charge is 2.35. The highest BCUT2D eigenvalue weighted by molar-refractivity contribution is 5.96. The Morgan fingerprint density at radius 3 is 2.60 bits per heavy atom. The summed E-state index contributed by atoms with van der Waals surface area (Å²) < 4.78 is 9.73. The molecule has 0 radical (unpaired) electrons. The van der Waals surface area contributed by atoms with Gasteiger partial charge >= 0.3 is 0 Å². The maximum atomic E-state index is 13.0. The van der Waals surface area contributed by atoms with Gasteiger partial charge in [-0.2, -0.15) is 0 Å². The van der Waals surface area contributed by atoms with Crippen LogP contribution < -0.4 is 35.8 Å². The van der Waals surface area contributed by atoms with Crippen molar-refractivity contribution in [1.29, 1.82) is 0 Å². The van der Waals surface area contributed by atoms with Gasteiger partial charge in [-0.05, 0) is 73.9 Å². The van der Waals surface area contributed by atoms with Crippen LogP contribution in [0.1, 0.15) is 69.4 Å². The molecule has 0 unspecified atom stereocenters. The molecule has 0 spiro atoms. The molecule has 0 bridgehead atoms. The molecule has 0 saturated heterocycles. The lowest BCUT2D eigenvalue weighted by molar-refractivity contribution is 0.0954. The lowest BCUT2D eigenvalue weighted by Crippen LogP contribution is -2.45. The normalized spacial score (nSPS) is 18.3. The Morgan fingerprint density at radius 1 is 0.925 bits per heavy atom. The van der Waals surface area contributed by atoms with Crippen LogP contribution in [0.2, 0.25) is 0 Å². The van der Waals surface area contributed by atoms with Gasteiger partial charge in [0.1, 0.15) is 24.6 Å². The minimum Gasteiger partial charge on any atom is -0.455 e. The summed E-state index contributed by atoms with van der Waals surface area (Å²) >= 11 is 0.